The van der Waals surface area contributed by atoms with Crippen LogP contribution in [0.15, 0.2) is 24.3 Å². The fraction of sp³-hybridized carbons (Fsp3) is 0.675. The number of Topliss-reactive ketones (excluding diaryl/α,β-unsaturated/α-hetero) is 1. The lowest BCUT2D eigenvalue weighted by Gasteiger charge is -2.25. The SMILES string of the molecule is CC(C)[C@H](NC(=O)CCCCCN1C(=O)CC(C(C)(C)C)C1=O)C(=O)C[C@@H](CCCNC(N)=O)C(=O)Nc1ccc(COC(=O)NCCC(C)(C)C)cc1. The highest BCUT2D eigenvalue weighted by atomic mass is 16.5. The Hall–Kier alpha value is -4.49. The highest BCUT2D eigenvalue weighted by Gasteiger charge is 2.44. The summed E-state index contributed by atoms with van der Waals surface area (Å²) in [6, 6.07) is 5.33. The Bertz CT molecular complexity index is 1450. The summed E-state index contributed by atoms with van der Waals surface area (Å²) in [5.41, 5.74) is 6.21. The molecular weight excluding hydrogens is 692 g/mol. The van der Waals surface area contributed by atoms with E-state index in [-0.39, 0.29) is 90.9 Å². The molecule has 1 saturated heterocycles. The van der Waals surface area contributed by atoms with E-state index in [9.17, 15) is 33.6 Å². The van der Waals surface area contributed by atoms with Gasteiger partial charge < -0.3 is 31.7 Å². The first-order chi connectivity index (χ1) is 25.2. The summed E-state index contributed by atoms with van der Waals surface area (Å²) in [7, 11) is 0. The van der Waals surface area contributed by atoms with Gasteiger partial charge in [-0.25, -0.2) is 9.59 Å². The van der Waals surface area contributed by atoms with Crippen LogP contribution in [-0.2, 0) is 35.3 Å². The first kappa shape index (κ1) is 45.7. The van der Waals surface area contributed by atoms with E-state index in [0.717, 1.165) is 12.0 Å². The number of nitrogens with zero attached hydrogens (tertiary/aromatic N) is 1. The Balaban J connectivity index is 1.92. The number of alkyl carbamates (subject to hydrolysis) is 1. The Kier molecular flexibility index (Phi) is 18.1. The topological polar surface area (TPSA) is 206 Å². The van der Waals surface area contributed by atoms with Crippen molar-refractivity contribution in [2.75, 3.05) is 25.0 Å². The van der Waals surface area contributed by atoms with Crippen molar-refractivity contribution in [2.24, 2.45) is 34.3 Å². The van der Waals surface area contributed by atoms with Crippen molar-refractivity contribution >= 4 is 47.2 Å². The number of nitrogens with one attached hydrogen (secondary N) is 4. The molecule has 1 fully saturated rings. The molecule has 7 amide bonds. The lowest BCUT2D eigenvalue weighted by atomic mass is 9.80. The average Bonchev–Trinajstić information content (AvgIpc) is 3.36. The minimum Gasteiger partial charge on any atom is -0.445 e. The zero-order valence-electron chi connectivity index (χ0n) is 33.6. The van der Waals surface area contributed by atoms with Gasteiger partial charge in [-0.2, -0.15) is 0 Å². The number of ether oxygens (including phenoxy) is 1. The standard InChI is InChI=1S/C40H64N6O8/c1-26(2)34(45-32(48)14-10-9-11-22-46-33(49)24-30(36(46)51)40(6,7)8)31(47)23-28(13-12-20-42-37(41)52)35(50)44-29-17-15-27(16-18-29)25-54-38(53)43-21-19-39(3,4)5/h15-18,26,28,30,34H,9-14,19-25H2,1-8H3,(H,43,53)(H,44,50)(H,45,48)(H3,41,42,52)/t28-,30?,34+/m1/s1. The number of carbonyl (C=O) groups excluding carboxylic acids is 7. The van der Waals surface area contributed by atoms with Crippen molar-refractivity contribution in [3.05, 3.63) is 29.8 Å². The maximum atomic E-state index is 13.6. The summed E-state index contributed by atoms with van der Waals surface area (Å²) in [5, 5.41) is 10.9. The predicted octanol–water partition coefficient (Wildman–Crippen LogP) is 5.43. The van der Waals surface area contributed by atoms with Gasteiger partial charge in [0.25, 0.3) is 0 Å². The van der Waals surface area contributed by atoms with Gasteiger partial charge in [0.2, 0.25) is 23.6 Å². The molecule has 0 spiro atoms. The summed E-state index contributed by atoms with van der Waals surface area (Å²) in [5.74, 6) is -2.55. The number of amides is 7. The van der Waals surface area contributed by atoms with Crippen LogP contribution in [-0.4, -0.2) is 72.1 Å². The van der Waals surface area contributed by atoms with Gasteiger partial charge in [0.05, 0.1) is 12.0 Å². The fourth-order valence-electron chi connectivity index (χ4n) is 6.12. The number of hydrogen-bond acceptors (Lipinski definition) is 8. The second-order valence-corrected chi connectivity index (χ2v) is 16.9. The van der Waals surface area contributed by atoms with E-state index in [0.29, 0.717) is 44.5 Å². The third-order valence-electron chi connectivity index (χ3n) is 9.49. The van der Waals surface area contributed by atoms with Crippen molar-refractivity contribution in [3.8, 4) is 0 Å². The molecule has 54 heavy (non-hydrogen) atoms. The Morgan fingerprint density at radius 3 is 2.15 bits per heavy atom. The molecule has 3 atom stereocenters. The van der Waals surface area contributed by atoms with Crippen molar-refractivity contribution in [2.45, 2.75) is 126 Å². The Labute approximate surface area is 320 Å². The van der Waals surface area contributed by atoms with Crippen LogP contribution >= 0.6 is 0 Å². The van der Waals surface area contributed by atoms with Gasteiger partial charge in [0, 0.05) is 50.5 Å². The number of unbranched alkanes of at least 4 members (excludes halogenated alkanes) is 2. The van der Waals surface area contributed by atoms with Gasteiger partial charge in [0.15, 0.2) is 5.78 Å². The van der Waals surface area contributed by atoms with Crippen LogP contribution in [0.25, 0.3) is 0 Å². The van der Waals surface area contributed by atoms with Gasteiger partial charge in [-0.15, -0.1) is 0 Å². The van der Waals surface area contributed by atoms with E-state index in [1.54, 1.807) is 24.3 Å². The smallest absolute Gasteiger partial charge is 0.407 e. The summed E-state index contributed by atoms with van der Waals surface area (Å²) in [6.07, 6.45) is 3.00. The quantitative estimate of drug-likeness (QED) is 0.0805. The molecule has 0 radical (unpaired) electrons. The molecule has 0 bridgehead atoms. The maximum Gasteiger partial charge on any atom is 0.407 e. The highest BCUT2D eigenvalue weighted by molar-refractivity contribution is 6.04. The molecule has 1 aromatic carbocycles. The zero-order chi connectivity index (χ0) is 40.6. The molecule has 1 unspecified atom stereocenters. The van der Waals surface area contributed by atoms with Gasteiger partial charge in [0.1, 0.15) is 6.61 Å². The summed E-state index contributed by atoms with van der Waals surface area (Å²) < 4.78 is 5.29. The first-order valence-electron chi connectivity index (χ1n) is 19.2. The van der Waals surface area contributed by atoms with Crippen molar-refractivity contribution < 1.29 is 38.3 Å². The monoisotopic (exact) mass is 756 g/mol. The van der Waals surface area contributed by atoms with E-state index >= 15 is 0 Å². The number of ketones is 1. The van der Waals surface area contributed by atoms with Crippen molar-refractivity contribution in [1.82, 2.24) is 20.9 Å². The van der Waals surface area contributed by atoms with Crippen LogP contribution in [0.2, 0.25) is 0 Å². The maximum absolute atomic E-state index is 13.6. The number of imide groups is 1. The molecule has 2 rings (SSSR count). The number of urea groups is 1. The molecular formula is C40H64N6O8. The normalized spacial score (nSPS) is 15.8. The summed E-state index contributed by atoms with van der Waals surface area (Å²) >= 11 is 0. The van der Waals surface area contributed by atoms with Gasteiger partial charge >= 0.3 is 12.1 Å². The highest BCUT2D eigenvalue weighted by Crippen LogP contribution is 2.35. The third kappa shape index (κ3) is 16.7. The molecule has 1 aromatic rings. The van der Waals surface area contributed by atoms with Crippen molar-refractivity contribution in [3.63, 3.8) is 0 Å². The second kappa shape index (κ2) is 21.4. The van der Waals surface area contributed by atoms with Gasteiger partial charge in [-0.3, -0.25) is 28.9 Å². The number of likely N-dealkylation sites (tertiary alicyclic amines) is 1. The lowest BCUT2D eigenvalue weighted by Crippen LogP contribution is -2.45. The molecule has 0 aromatic heterocycles. The van der Waals surface area contributed by atoms with Crippen molar-refractivity contribution in [1.29, 1.82) is 0 Å². The molecule has 302 valence electrons. The van der Waals surface area contributed by atoms with E-state index in [4.69, 9.17) is 10.5 Å². The molecule has 1 heterocycles. The Morgan fingerprint density at radius 2 is 1.57 bits per heavy atom. The number of anilines is 1. The molecule has 0 aliphatic carbocycles. The van der Waals surface area contributed by atoms with Crippen LogP contribution in [0, 0.1) is 28.6 Å². The first-order valence-corrected chi connectivity index (χ1v) is 19.2. The zero-order valence-corrected chi connectivity index (χ0v) is 33.6. The molecule has 6 N–H and O–H groups in total. The number of hydrogen-bond donors (Lipinski definition) is 5. The minimum absolute atomic E-state index is 0.0561. The van der Waals surface area contributed by atoms with Crippen LogP contribution in [0.3, 0.4) is 0 Å². The molecule has 0 saturated carbocycles. The van der Waals surface area contributed by atoms with Gasteiger partial charge in [-0.1, -0.05) is 73.9 Å². The van der Waals surface area contributed by atoms with Gasteiger partial charge in [-0.05, 0) is 66.5 Å². The van der Waals surface area contributed by atoms with Crippen LogP contribution in [0.1, 0.15) is 119 Å². The Morgan fingerprint density at radius 1 is 0.907 bits per heavy atom. The van der Waals surface area contributed by atoms with Crippen LogP contribution in [0.5, 0.6) is 0 Å². The number of benzene rings is 1. The molecule has 14 nitrogen and oxygen atoms in total. The second-order valence-electron chi connectivity index (χ2n) is 16.9. The predicted molar refractivity (Wildman–Crippen MR) is 207 cm³/mol. The van der Waals surface area contributed by atoms with E-state index in [2.05, 4.69) is 42.0 Å². The third-order valence-corrected chi connectivity index (χ3v) is 9.49. The number of rotatable bonds is 21. The fourth-order valence-corrected chi connectivity index (χ4v) is 6.12. The average molecular weight is 757 g/mol. The van der Waals surface area contributed by atoms with E-state index in [1.165, 1.54) is 4.90 Å². The van der Waals surface area contributed by atoms with Crippen LogP contribution < -0.4 is 27.0 Å². The number of carbonyl (C=O) groups is 7. The minimum atomic E-state index is -0.810. The summed E-state index contributed by atoms with van der Waals surface area (Å²) in [6.45, 7) is 16.9. The number of nitrogens with two attached hydrogens (primary N) is 1. The van der Waals surface area contributed by atoms with E-state index in [1.807, 2.05) is 34.6 Å². The molecule has 14 heteroatoms. The summed E-state index contributed by atoms with van der Waals surface area (Å²) in [4.78, 5) is 89.7. The van der Waals surface area contributed by atoms with E-state index < -0.39 is 24.1 Å². The van der Waals surface area contributed by atoms with Crippen LogP contribution in [0.4, 0.5) is 15.3 Å². The number of primary amides is 1. The largest absolute Gasteiger partial charge is 0.445 e. The molecule has 1 aliphatic heterocycles. The lowest BCUT2D eigenvalue weighted by molar-refractivity contribution is -0.140. The molecule has 1 aliphatic rings.